The van der Waals surface area contributed by atoms with Crippen molar-refractivity contribution in [3.05, 3.63) is 38.5 Å². The van der Waals surface area contributed by atoms with Crippen molar-refractivity contribution in [1.82, 2.24) is 9.88 Å². The SMILES string of the molecule is Cc1ncc(CN(C)CC(O)COCc2cccs2)s1. The number of nitrogens with zero attached hydrogens (tertiary/aromatic N) is 2. The zero-order valence-corrected chi connectivity index (χ0v) is 13.4. The van der Waals surface area contributed by atoms with E-state index in [9.17, 15) is 5.11 Å². The lowest BCUT2D eigenvalue weighted by Crippen LogP contribution is -2.31. The Bertz CT molecular complexity index is 499. The highest BCUT2D eigenvalue weighted by Gasteiger charge is 2.10. The number of aliphatic hydroxyl groups is 1. The molecule has 0 fully saturated rings. The molecule has 0 aliphatic carbocycles. The summed E-state index contributed by atoms with van der Waals surface area (Å²) in [5.41, 5.74) is 0. The molecule has 0 spiro atoms. The Morgan fingerprint density at radius 1 is 1.45 bits per heavy atom. The van der Waals surface area contributed by atoms with Gasteiger partial charge in [-0.3, -0.25) is 4.90 Å². The molecule has 1 unspecified atom stereocenters. The number of aliphatic hydroxyl groups excluding tert-OH is 1. The molecule has 0 saturated heterocycles. The molecule has 1 N–H and O–H groups in total. The van der Waals surface area contributed by atoms with Crippen LogP contribution in [0.2, 0.25) is 0 Å². The summed E-state index contributed by atoms with van der Waals surface area (Å²) in [7, 11) is 2.00. The van der Waals surface area contributed by atoms with Crippen LogP contribution in [0.4, 0.5) is 0 Å². The Hall–Kier alpha value is -0.790. The smallest absolute Gasteiger partial charge is 0.0900 e. The van der Waals surface area contributed by atoms with Gasteiger partial charge in [-0.2, -0.15) is 0 Å². The van der Waals surface area contributed by atoms with Gasteiger partial charge in [0.15, 0.2) is 0 Å². The van der Waals surface area contributed by atoms with Crippen LogP contribution in [0.1, 0.15) is 14.8 Å². The minimum Gasteiger partial charge on any atom is -0.389 e. The maximum absolute atomic E-state index is 9.96. The molecule has 2 rings (SSSR count). The number of thiazole rings is 1. The summed E-state index contributed by atoms with van der Waals surface area (Å²) in [6, 6.07) is 4.04. The van der Waals surface area contributed by atoms with E-state index < -0.39 is 6.10 Å². The molecule has 2 aromatic rings. The number of rotatable bonds is 8. The molecule has 0 aliphatic heterocycles. The summed E-state index contributed by atoms with van der Waals surface area (Å²) in [5.74, 6) is 0. The number of likely N-dealkylation sites (N-methyl/N-ethyl adjacent to an activating group) is 1. The highest BCUT2D eigenvalue weighted by Crippen LogP contribution is 2.13. The Morgan fingerprint density at radius 3 is 2.95 bits per heavy atom. The van der Waals surface area contributed by atoms with Gasteiger partial charge in [-0.1, -0.05) is 6.07 Å². The first-order valence-corrected chi connectivity index (χ1v) is 8.21. The van der Waals surface area contributed by atoms with Crippen LogP contribution in [0, 0.1) is 6.92 Å². The third kappa shape index (κ3) is 5.30. The third-order valence-electron chi connectivity index (χ3n) is 2.75. The number of hydrogen-bond acceptors (Lipinski definition) is 6. The van der Waals surface area contributed by atoms with E-state index in [0.717, 1.165) is 11.6 Å². The lowest BCUT2D eigenvalue weighted by molar-refractivity contribution is 0.0136. The average Bonchev–Trinajstić information content (AvgIpc) is 3.01. The van der Waals surface area contributed by atoms with Crippen LogP contribution in [0.5, 0.6) is 0 Å². The third-order valence-corrected chi connectivity index (χ3v) is 4.50. The van der Waals surface area contributed by atoms with Crippen LogP contribution in [0.15, 0.2) is 23.7 Å². The van der Waals surface area contributed by atoms with E-state index in [2.05, 4.69) is 9.88 Å². The van der Waals surface area contributed by atoms with E-state index in [4.69, 9.17) is 4.74 Å². The second kappa shape index (κ2) is 7.85. The van der Waals surface area contributed by atoms with Gasteiger partial charge in [0.1, 0.15) is 0 Å². The molecule has 110 valence electrons. The van der Waals surface area contributed by atoms with Gasteiger partial charge in [0.25, 0.3) is 0 Å². The Kier molecular flexibility index (Phi) is 6.12. The van der Waals surface area contributed by atoms with E-state index in [1.54, 1.807) is 22.7 Å². The van der Waals surface area contributed by atoms with E-state index >= 15 is 0 Å². The number of thiophene rings is 1. The molecular weight excluding hydrogens is 292 g/mol. The Balaban J connectivity index is 1.64. The van der Waals surface area contributed by atoms with Crippen LogP contribution in [0.3, 0.4) is 0 Å². The van der Waals surface area contributed by atoms with Gasteiger partial charge < -0.3 is 9.84 Å². The minimum atomic E-state index is -0.464. The van der Waals surface area contributed by atoms with Gasteiger partial charge in [-0.15, -0.1) is 22.7 Å². The standard InChI is InChI=1S/C14H20N2O2S2/c1-11-15-6-14(20-11)8-16(2)7-12(17)9-18-10-13-4-3-5-19-13/h3-6,12,17H,7-10H2,1-2H3. The molecule has 20 heavy (non-hydrogen) atoms. The fourth-order valence-corrected chi connectivity index (χ4v) is 3.43. The molecule has 1 atom stereocenters. The first-order valence-electron chi connectivity index (χ1n) is 6.51. The fourth-order valence-electron chi connectivity index (χ4n) is 1.91. The molecule has 0 amide bonds. The molecule has 2 aromatic heterocycles. The predicted octanol–water partition coefficient (Wildman–Crippen LogP) is 2.52. The van der Waals surface area contributed by atoms with Crippen molar-refractivity contribution >= 4 is 22.7 Å². The monoisotopic (exact) mass is 312 g/mol. The number of aryl methyl sites for hydroxylation is 1. The van der Waals surface area contributed by atoms with Crippen molar-refractivity contribution in [2.75, 3.05) is 20.2 Å². The van der Waals surface area contributed by atoms with Crippen LogP contribution < -0.4 is 0 Å². The molecular formula is C14H20N2O2S2. The van der Waals surface area contributed by atoms with Gasteiger partial charge in [-0.05, 0) is 25.4 Å². The van der Waals surface area contributed by atoms with Crippen LogP contribution in [0.25, 0.3) is 0 Å². The van der Waals surface area contributed by atoms with E-state index in [0.29, 0.717) is 19.8 Å². The van der Waals surface area contributed by atoms with Crippen molar-refractivity contribution in [2.24, 2.45) is 0 Å². The maximum Gasteiger partial charge on any atom is 0.0900 e. The summed E-state index contributed by atoms with van der Waals surface area (Å²) >= 11 is 3.36. The largest absolute Gasteiger partial charge is 0.389 e. The van der Waals surface area contributed by atoms with Crippen molar-refractivity contribution < 1.29 is 9.84 Å². The molecule has 0 radical (unpaired) electrons. The topological polar surface area (TPSA) is 45.6 Å². The number of aromatic nitrogens is 1. The van der Waals surface area contributed by atoms with E-state index in [1.807, 2.05) is 37.7 Å². The maximum atomic E-state index is 9.96. The molecule has 0 aromatic carbocycles. The highest BCUT2D eigenvalue weighted by atomic mass is 32.1. The van der Waals surface area contributed by atoms with Crippen LogP contribution >= 0.6 is 22.7 Å². The summed E-state index contributed by atoms with van der Waals surface area (Å²) < 4.78 is 5.52. The molecule has 4 nitrogen and oxygen atoms in total. The zero-order chi connectivity index (χ0) is 14.4. The highest BCUT2D eigenvalue weighted by molar-refractivity contribution is 7.11. The number of ether oxygens (including phenoxy) is 1. The summed E-state index contributed by atoms with van der Waals surface area (Å²) in [4.78, 5) is 8.73. The first kappa shape index (κ1) is 15.6. The van der Waals surface area contributed by atoms with Crippen molar-refractivity contribution in [3.8, 4) is 0 Å². The van der Waals surface area contributed by atoms with Gasteiger partial charge in [-0.25, -0.2) is 4.98 Å². The van der Waals surface area contributed by atoms with Gasteiger partial charge in [0.2, 0.25) is 0 Å². The average molecular weight is 312 g/mol. The fraction of sp³-hybridized carbons (Fsp3) is 0.500. The number of hydrogen-bond donors (Lipinski definition) is 1. The Morgan fingerprint density at radius 2 is 2.30 bits per heavy atom. The molecule has 6 heteroatoms. The summed E-state index contributed by atoms with van der Waals surface area (Å²) in [6.07, 6.45) is 1.44. The van der Waals surface area contributed by atoms with Crippen molar-refractivity contribution in [3.63, 3.8) is 0 Å². The quantitative estimate of drug-likeness (QED) is 0.813. The van der Waals surface area contributed by atoms with Crippen molar-refractivity contribution in [1.29, 1.82) is 0 Å². The summed E-state index contributed by atoms with van der Waals surface area (Å²) in [5, 5.41) is 13.1. The van der Waals surface area contributed by atoms with Crippen molar-refractivity contribution in [2.45, 2.75) is 26.2 Å². The zero-order valence-electron chi connectivity index (χ0n) is 11.8. The van der Waals surface area contributed by atoms with Crippen LogP contribution in [-0.2, 0) is 17.9 Å². The van der Waals surface area contributed by atoms with Gasteiger partial charge in [0.05, 0.1) is 24.3 Å². The molecule has 2 heterocycles. The first-order chi connectivity index (χ1) is 9.63. The Labute approximate surface area is 127 Å². The minimum absolute atomic E-state index is 0.365. The second-order valence-electron chi connectivity index (χ2n) is 4.79. The van der Waals surface area contributed by atoms with E-state index in [-0.39, 0.29) is 0 Å². The predicted molar refractivity (Wildman–Crippen MR) is 83.2 cm³/mol. The van der Waals surface area contributed by atoms with Gasteiger partial charge in [0, 0.05) is 29.0 Å². The summed E-state index contributed by atoms with van der Waals surface area (Å²) in [6.45, 7) is 4.35. The van der Waals surface area contributed by atoms with Crippen LogP contribution in [-0.4, -0.2) is 41.3 Å². The second-order valence-corrected chi connectivity index (χ2v) is 7.14. The molecule has 0 saturated carbocycles. The molecule has 0 bridgehead atoms. The molecule has 0 aliphatic rings. The normalized spacial score (nSPS) is 13.0. The lowest BCUT2D eigenvalue weighted by atomic mass is 10.3. The van der Waals surface area contributed by atoms with Gasteiger partial charge >= 0.3 is 0 Å². The van der Waals surface area contributed by atoms with E-state index in [1.165, 1.54) is 9.75 Å². The lowest BCUT2D eigenvalue weighted by Gasteiger charge is -2.19.